The highest BCUT2D eigenvalue weighted by Crippen LogP contribution is 2.31. The fourth-order valence-corrected chi connectivity index (χ4v) is 3.32. The van der Waals surface area contributed by atoms with Crippen molar-refractivity contribution in [1.82, 2.24) is 5.32 Å². The van der Waals surface area contributed by atoms with E-state index >= 15 is 0 Å². The lowest BCUT2D eigenvalue weighted by Gasteiger charge is -2.11. The number of thioether (sulfide) groups is 1. The summed E-state index contributed by atoms with van der Waals surface area (Å²) in [5.41, 5.74) is 0.992. The van der Waals surface area contributed by atoms with E-state index in [0.717, 1.165) is 17.1 Å². The van der Waals surface area contributed by atoms with Crippen molar-refractivity contribution >= 4 is 29.3 Å². The molecule has 1 aliphatic heterocycles. The molecule has 1 aliphatic rings. The quantitative estimate of drug-likeness (QED) is 0.671. The molecule has 1 unspecified atom stereocenters. The van der Waals surface area contributed by atoms with Crippen molar-refractivity contribution in [3.63, 3.8) is 0 Å². The van der Waals surface area contributed by atoms with Gasteiger partial charge in [0.1, 0.15) is 5.75 Å². The van der Waals surface area contributed by atoms with Crippen molar-refractivity contribution in [3.8, 4) is 5.75 Å². The number of carbonyl (C=O) groups is 1. The highest BCUT2D eigenvalue weighted by atomic mass is 35.5. The second-order valence-electron chi connectivity index (χ2n) is 5.02. The molecule has 5 heteroatoms. The molecule has 22 heavy (non-hydrogen) atoms. The molecule has 1 heterocycles. The van der Waals surface area contributed by atoms with Gasteiger partial charge >= 0.3 is 0 Å². The second kappa shape index (κ2) is 7.07. The van der Waals surface area contributed by atoms with E-state index in [4.69, 9.17) is 16.3 Å². The molecule has 0 radical (unpaired) electrons. The number of benzene rings is 2. The summed E-state index contributed by atoms with van der Waals surface area (Å²) in [5, 5.41) is 3.60. The zero-order valence-corrected chi connectivity index (χ0v) is 13.5. The van der Waals surface area contributed by atoms with Crippen molar-refractivity contribution in [3.05, 3.63) is 59.1 Å². The minimum absolute atomic E-state index is 0.0685. The smallest absolute Gasteiger partial charge is 0.261 e. The normalized spacial score (nSPS) is 16.0. The van der Waals surface area contributed by atoms with Crippen molar-refractivity contribution in [2.45, 2.75) is 17.4 Å². The van der Waals surface area contributed by atoms with Crippen LogP contribution in [0.15, 0.2) is 53.4 Å². The Balaban J connectivity index is 1.44. The van der Waals surface area contributed by atoms with Gasteiger partial charge in [0.15, 0.2) is 6.10 Å². The Morgan fingerprint density at radius 2 is 2.09 bits per heavy atom. The Hall–Kier alpha value is -1.65. The van der Waals surface area contributed by atoms with E-state index in [1.54, 1.807) is 17.8 Å². The van der Waals surface area contributed by atoms with Crippen molar-refractivity contribution < 1.29 is 9.53 Å². The summed E-state index contributed by atoms with van der Waals surface area (Å²) in [6, 6.07) is 15.6. The molecular weight excluding hydrogens is 318 g/mol. The summed E-state index contributed by atoms with van der Waals surface area (Å²) in [5.74, 6) is 1.52. The molecule has 3 nitrogen and oxygen atoms in total. The number of amides is 1. The molecule has 1 amide bonds. The predicted octanol–water partition coefficient (Wildman–Crippen LogP) is 3.55. The molecular formula is C17H16ClNO2S. The summed E-state index contributed by atoms with van der Waals surface area (Å²) >= 11 is 7.67. The van der Waals surface area contributed by atoms with Crippen LogP contribution in [0, 0.1) is 0 Å². The lowest BCUT2D eigenvalue weighted by Crippen LogP contribution is -2.38. The van der Waals surface area contributed by atoms with Gasteiger partial charge in [0.2, 0.25) is 0 Å². The van der Waals surface area contributed by atoms with Gasteiger partial charge in [-0.3, -0.25) is 4.79 Å². The minimum atomic E-state index is -0.449. The Kier molecular flexibility index (Phi) is 4.90. The number of hydrogen-bond acceptors (Lipinski definition) is 3. The molecule has 0 saturated heterocycles. The molecule has 0 fully saturated rings. The van der Waals surface area contributed by atoms with Gasteiger partial charge in [-0.15, -0.1) is 11.8 Å². The summed E-state index contributed by atoms with van der Waals surface area (Å²) in [6.45, 7) is 0.620. The van der Waals surface area contributed by atoms with E-state index in [2.05, 4.69) is 17.4 Å². The average molecular weight is 334 g/mol. The lowest BCUT2D eigenvalue weighted by molar-refractivity contribution is -0.127. The van der Waals surface area contributed by atoms with Crippen LogP contribution >= 0.6 is 23.4 Å². The fraction of sp³-hybridized carbons (Fsp3) is 0.235. The van der Waals surface area contributed by atoms with Crippen LogP contribution in [0.5, 0.6) is 5.75 Å². The van der Waals surface area contributed by atoms with Crippen LogP contribution in [0.2, 0.25) is 5.02 Å². The van der Waals surface area contributed by atoms with Crippen LogP contribution in [-0.4, -0.2) is 24.3 Å². The van der Waals surface area contributed by atoms with Crippen LogP contribution in [0.1, 0.15) is 5.56 Å². The number of rotatable bonds is 5. The predicted molar refractivity (Wildman–Crippen MR) is 89.7 cm³/mol. The number of fused-ring (bicyclic) bond motifs is 1. The third-order valence-electron chi connectivity index (χ3n) is 3.40. The third kappa shape index (κ3) is 3.76. The number of carbonyl (C=O) groups excluding carboxylic acids is 1. The largest absolute Gasteiger partial charge is 0.480 e. The summed E-state index contributed by atoms with van der Waals surface area (Å²) in [4.78, 5) is 13.3. The first-order valence-electron chi connectivity index (χ1n) is 7.13. The number of hydrogen-bond donors (Lipinski definition) is 1. The van der Waals surface area contributed by atoms with Gasteiger partial charge in [0.25, 0.3) is 5.91 Å². The number of nitrogens with one attached hydrogen (secondary N) is 1. The Morgan fingerprint density at radius 3 is 2.91 bits per heavy atom. The number of halogens is 1. The second-order valence-corrected chi connectivity index (χ2v) is 6.62. The maximum absolute atomic E-state index is 12.1. The van der Waals surface area contributed by atoms with Gasteiger partial charge in [-0.1, -0.05) is 29.8 Å². The summed E-state index contributed by atoms with van der Waals surface area (Å²) < 4.78 is 5.66. The SMILES string of the molecule is O=C(NCCSc1ccccc1)C1Cc2cc(Cl)ccc2O1. The van der Waals surface area contributed by atoms with Gasteiger partial charge in [-0.05, 0) is 35.9 Å². The third-order valence-corrected chi connectivity index (χ3v) is 4.65. The first-order chi connectivity index (χ1) is 10.7. The topological polar surface area (TPSA) is 38.3 Å². The molecule has 0 saturated carbocycles. The molecule has 0 aliphatic carbocycles. The summed E-state index contributed by atoms with van der Waals surface area (Å²) in [6.07, 6.45) is 0.128. The van der Waals surface area contributed by atoms with Crippen molar-refractivity contribution in [2.24, 2.45) is 0 Å². The van der Waals surface area contributed by atoms with Gasteiger partial charge in [0.05, 0.1) is 0 Å². The highest BCUT2D eigenvalue weighted by Gasteiger charge is 2.28. The molecule has 0 spiro atoms. The molecule has 3 rings (SSSR count). The maximum atomic E-state index is 12.1. The van der Waals surface area contributed by atoms with Gasteiger partial charge in [-0.25, -0.2) is 0 Å². The Labute approximate surface area is 139 Å². The van der Waals surface area contributed by atoms with Gasteiger partial charge < -0.3 is 10.1 Å². The standard InChI is InChI=1S/C17H16ClNO2S/c18-13-6-7-15-12(10-13)11-16(21-15)17(20)19-8-9-22-14-4-2-1-3-5-14/h1-7,10,16H,8-9,11H2,(H,19,20). The van der Waals surface area contributed by atoms with E-state index in [1.165, 1.54) is 4.90 Å². The minimum Gasteiger partial charge on any atom is -0.480 e. The number of ether oxygens (including phenoxy) is 1. The average Bonchev–Trinajstić information content (AvgIpc) is 2.95. The molecule has 0 bridgehead atoms. The first kappa shape index (κ1) is 15.3. The van der Waals surface area contributed by atoms with E-state index in [9.17, 15) is 4.79 Å². The highest BCUT2D eigenvalue weighted by molar-refractivity contribution is 7.99. The van der Waals surface area contributed by atoms with Gasteiger partial charge in [-0.2, -0.15) is 0 Å². The van der Waals surface area contributed by atoms with Crippen LogP contribution in [0.3, 0.4) is 0 Å². The maximum Gasteiger partial charge on any atom is 0.261 e. The summed E-state index contributed by atoms with van der Waals surface area (Å²) in [7, 11) is 0. The molecule has 1 atom stereocenters. The van der Waals surface area contributed by atoms with E-state index in [-0.39, 0.29) is 5.91 Å². The fourth-order valence-electron chi connectivity index (χ4n) is 2.34. The molecule has 2 aromatic carbocycles. The molecule has 0 aromatic heterocycles. The van der Waals surface area contributed by atoms with E-state index in [0.29, 0.717) is 18.0 Å². The first-order valence-corrected chi connectivity index (χ1v) is 8.49. The molecule has 114 valence electrons. The molecule has 2 aromatic rings. The molecule has 1 N–H and O–H groups in total. The zero-order chi connectivity index (χ0) is 15.4. The van der Waals surface area contributed by atoms with Crippen LogP contribution < -0.4 is 10.1 Å². The van der Waals surface area contributed by atoms with E-state index in [1.807, 2.05) is 30.3 Å². The monoisotopic (exact) mass is 333 g/mol. The Morgan fingerprint density at radius 1 is 1.27 bits per heavy atom. The van der Waals surface area contributed by atoms with Crippen LogP contribution in [-0.2, 0) is 11.2 Å². The van der Waals surface area contributed by atoms with E-state index < -0.39 is 6.10 Å². The van der Waals surface area contributed by atoms with Crippen molar-refractivity contribution in [1.29, 1.82) is 0 Å². The van der Waals surface area contributed by atoms with Crippen LogP contribution in [0.4, 0.5) is 0 Å². The van der Waals surface area contributed by atoms with Crippen LogP contribution in [0.25, 0.3) is 0 Å². The Bertz CT molecular complexity index is 663. The lowest BCUT2D eigenvalue weighted by atomic mass is 10.1. The van der Waals surface area contributed by atoms with Crippen molar-refractivity contribution in [2.75, 3.05) is 12.3 Å². The zero-order valence-electron chi connectivity index (χ0n) is 11.9. The van der Waals surface area contributed by atoms with Gasteiger partial charge in [0, 0.05) is 28.6 Å².